The Labute approximate surface area is 188 Å². The fourth-order valence-electron chi connectivity index (χ4n) is 3.42. The van der Waals surface area contributed by atoms with Gasteiger partial charge in [-0.05, 0) is 45.1 Å². The Balaban J connectivity index is 1.58. The molecule has 1 aliphatic heterocycles. The van der Waals surface area contributed by atoms with Gasteiger partial charge in [0, 0.05) is 17.8 Å². The van der Waals surface area contributed by atoms with Crippen LogP contribution >= 0.6 is 27.3 Å². The Morgan fingerprint density at radius 2 is 2.10 bits per heavy atom. The Hall–Kier alpha value is -2.53. The highest BCUT2D eigenvalue weighted by molar-refractivity contribution is 9.10. The Bertz CT molecular complexity index is 1070. The summed E-state index contributed by atoms with van der Waals surface area (Å²) in [6.07, 6.45) is -4.72. The number of alkyl halides is 3. The van der Waals surface area contributed by atoms with E-state index in [4.69, 9.17) is 4.74 Å². The van der Waals surface area contributed by atoms with Crippen LogP contribution in [0.1, 0.15) is 39.4 Å². The van der Waals surface area contributed by atoms with E-state index in [0.29, 0.717) is 5.75 Å². The van der Waals surface area contributed by atoms with Gasteiger partial charge in [-0.25, -0.2) is 4.68 Å². The molecule has 11 heteroatoms. The van der Waals surface area contributed by atoms with Crippen LogP contribution in [0.25, 0.3) is 0 Å². The van der Waals surface area contributed by atoms with Crippen molar-refractivity contribution in [1.29, 1.82) is 0 Å². The van der Waals surface area contributed by atoms with E-state index in [1.165, 1.54) is 11.3 Å². The largest absolute Gasteiger partial charge is 0.497 e. The SMILES string of the molecule is COc1ccc(CNC(=O)c2nn3c(c2Br)N[C@@H](c2cccs2)C[C@H]3C(F)(F)F)cc1. The molecule has 31 heavy (non-hydrogen) atoms. The Morgan fingerprint density at radius 1 is 1.35 bits per heavy atom. The molecule has 1 amide bonds. The van der Waals surface area contributed by atoms with Gasteiger partial charge in [0.05, 0.1) is 17.6 Å². The van der Waals surface area contributed by atoms with Gasteiger partial charge in [0.15, 0.2) is 11.7 Å². The molecule has 0 unspecified atom stereocenters. The standard InChI is InChI=1S/C20H18BrF3N4O2S/c1-30-12-6-4-11(5-7-12)10-25-19(29)17-16(21)18-26-13(14-3-2-8-31-14)9-15(20(22,23)24)28(18)27-17/h2-8,13,15,26H,9-10H2,1H3,(H,25,29)/t13-,15+/m1/s1. The number of nitrogens with one attached hydrogen (secondary N) is 2. The van der Waals surface area contributed by atoms with E-state index in [1.54, 1.807) is 43.5 Å². The van der Waals surface area contributed by atoms with E-state index >= 15 is 0 Å². The zero-order chi connectivity index (χ0) is 22.2. The highest BCUT2D eigenvalue weighted by atomic mass is 79.9. The van der Waals surface area contributed by atoms with E-state index in [2.05, 4.69) is 31.7 Å². The number of fused-ring (bicyclic) bond motifs is 1. The number of benzene rings is 1. The van der Waals surface area contributed by atoms with Gasteiger partial charge in [0.25, 0.3) is 5.91 Å². The van der Waals surface area contributed by atoms with Crippen LogP contribution in [0.5, 0.6) is 5.75 Å². The molecule has 164 valence electrons. The van der Waals surface area contributed by atoms with Crippen LogP contribution in [0.4, 0.5) is 19.0 Å². The molecule has 0 radical (unpaired) electrons. The summed E-state index contributed by atoms with van der Waals surface area (Å²) in [5.41, 5.74) is 0.718. The van der Waals surface area contributed by atoms with Crippen molar-refractivity contribution in [3.05, 3.63) is 62.4 Å². The summed E-state index contributed by atoms with van der Waals surface area (Å²) < 4.78 is 47.5. The van der Waals surface area contributed by atoms with Gasteiger partial charge in [-0.1, -0.05) is 18.2 Å². The summed E-state index contributed by atoms with van der Waals surface area (Å²) in [6, 6.07) is 8.32. The fourth-order valence-corrected chi connectivity index (χ4v) is 4.77. The van der Waals surface area contributed by atoms with E-state index in [0.717, 1.165) is 15.1 Å². The third-order valence-corrected chi connectivity index (χ3v) is 6.75. The Morgan fingerprint density at radius 3 is 2.71 bits per heavy atom. The van der Waals surface area contributed by atoms with Crippen LogP contribution < -0.4 is 15.4 Å². The molecule has 3 aromatic rings. The second-order valence-electron chi connectivity index (χ2n) is 6.99. The number of halogens is 4. The molecule has 1 aromatic carbocycles. The zero-order valence-corrected chi connectivity index (χ0v) is 18.6. The van der Waals surface area contributed by atoms with Gasteiger partial charge in [-0.2, -0.15) is 18.3 Å². The fraction of sp³-hybridized carbons (Fsp3) is 0.300. The number of nitrogens with zero attached hydrogens (tertiary/aromatic N) is 2. The summed E-state index contributed by atoms with van der Waals surface area (Å²) in [5, 5.41) is 11.6. The quantitative estimate of drug-likeness (QED) is 0.484. The van der Waals surface area contributed by atoms with Crippen LogP contribution in [0.3, 0.4) is 0 Å². The number of carbonyl (C=O) groups is 1. The molecule has 0 fully saturated rings. The molecule has 0 bridgehead atoms. The maximum Gasteiger partial charge on any atom is 0.410 e. The first kappa shape index (κ1) is 21.7. The van der Waals surface area contributed by atoms with Gasteiger partial charge in [-0.15, -0.1) is 11.3 Å². The summed E-state index contributed by atoms with van der Waals surface area (Å²) in [6.45, 7) is 0.200. The van der Waals surface area contributed by atoms with Crippen LogP contribution in [-0.4, -0.2) is 29.0 Å². The minimum Gasteiger partial charge on any atom is -0.497 e. The van der Waals surface area contributed by atoms with Crippen molar-refractivity contribution in [2.24, 2.45) is 0 Å². The molecule has 0 saturated heterocycles. The van der Waals surface area contributed by atoms with Crippen molar-refractivity contribution < 1.29 is 22.7 Å². The molecule has 6 nitrogen and oxygen atoms in total. The number of aromatic nitrogens is 2. The van der Waals surface area contributed by atoms with Gasteiger partial charge < -0.3 is 15.4 Å². The number of thiophene rings is 1. The molecule has 1 aliphatic rings. The predicted octanol–water partition coefficient (Wildman–Crippen LogP) is 5.31. The number of amides is 1. The number of carbonyl (C=O) groups excluding carboxylic acids is 1. The average Bonchev–Trinajstić information content (AvgIpc) is 3.40. The van der Waals surface area contributed by atoms with Crippen molar-refractivity contribution in [3.63, 3.8) is 0 Å². The first-order valence-electron chi connectivity index (χ1n) is 9.33. The van der Waals surface area contributed by atoms with Crippen molar-refractivity contribution in [2.45, 2.75) is 31.2 Å². The molecule has 0 spiro atoms. The van der Waals surface area contributed by atoms with Crippen molar-refractivity contribution in [2.75, 3.05) is 12.4 Å². The average molecular weight is 515 g/mol. The molecule has 3 heterocycles. The first-order valence-corrected chi connectivity index (χ1v) is 11.0. The molecule has 4 rings (SSSR count). The lowest BCUT2D eigenvalue weighted by Crippen LogP contribution is -2.35. The molecule has 2 atom stereocenters. The Kier molecular flexibility index (Phi) is 5.98. The zero-order valence-electron chi connectivity index (χ0n) is 16.2. The molecule has 0 saturated carbocycles. The van der Waals surface area contributed by atoms with Crippen molar-refractivity contribution >= 4 is 39.0 Å². The minimum atomic E-state index is -4.51. The third kappa shape index (κ3) is 4.42. The number of rotatable bonds is 5. The summed E-state index contributed by atoms with van der Waals surface area (Å²) in [5.74, 6) is 0.255. The van der Waals surface area contributed by atoms with Crippen LogP contribution in [-0.2, 0) is 6.54 Å². The van der Waals surface area contributed by atoms with Gasteiger partial charge in [0.2, 0.25) is 0 Å². The van der Waals surface area contributed by atoms with Crippen molar-refractivity contribution in [1.82, 2.24) is 15.1 Å². The highest BCUT2D eigenvalue weighted by Crippen LogP contribution is 2.46. The topological polar surface area (TPSA) is 68.2 Å². The highest BCUT2D eigenvalue weighted by Gasteiger charge is 2.47. The second-order valence-corrected chi connectivity index (χ2v) is 8.76. The predicted molar refractivity (Wildman–Crippen MR) is 114 cm³/mol. The maximum atomic E-state index is 13.8. The second kappa shape index (κ2) is 8.54. The first-order chi connectivity index (χ1) is 14.8. The van der Waals surface area contributed by atoms with Gasteiger partial charge in [-0.3, -0.25) is 4.79 Å². The number of hydrogen-bond acceptors (Lipinski definition) is 5. The summed E-state index contributed by atoms with van der Waals surface area (Å²) in [7, 11) is 1.56. The van der Waals surface area contributed by atoms with E-state index < -0.39 is 24.2 Å². The molecular formula is C20H18BrF3N4O2S. The van der Waals surface area contributed by atoms with Gasteiger partial charge >= 0.3 is 6.18 Å². The third-order valence-electron chi connectivity index (χ3n) is 5.01. The van der Waals surface area contributed by atoms with E-state index in [9.17, 15) is 18.0 Å². The lowest BCUT2D eigenvalue weighted by Gasteiger charge is -2.33. The summed E-state index contributed by atoms with van der Waals surface area (Å²) in [4.78, 5) is 13.5. The van der Waals surface area contributed by atoms with E-state index in [-0.39, 0.29) is 29.0 Å². The van der Waals surface area contributed by atoms with Crippen molar-refractivity contribution in [3.8, 4) is 5.75 Å². The lowest BCUT2D eigenvalue weighted by molar-refractivity contribution is -0.173. The molecule has 2 N–H and O–H groups in total. The minimum absolute atomic E-state index is 0.0999. The molecule has 0 aliphatic carbocycles. The number of anilines is 1. The maximum absolute atomic E-state index is 13.8. The van der Waals surface area contributed by atoms with Crippen LogP contribution in [0.15, 0.2) is 46.3 Å². The molecule has 2 aromatic heterocycles. The molecular weight excluding hydrogens is 497 g/mol. The number of ether oxygens (including phenoxy) is 1. The van der Waals surface area contributed by atoms with Gasteiger partial charge in [0.1, 0.15) is 11.6 Å². The number of methoxy groups -OCH3 is 1. The monoisotopic (exact) mass is 514 g/mol. The van der Waals surface area contributed by atoms with Crippen LogP contribution in [0.2, 0.25) is 0 Å². The normalized spacial score (nSPS) is 18.2. The summed E-state index contributed by atoms with van der Waals surface area (Å²) >= 11 is 4.66. The number of hydrogen-bond donors (Lipinski definition) is 2. The smallest absolute Gasteiger partial charge is 0.410 e. The van der Waals surface area contributed by atoms with E-state index in [1.807, 2.05) is 5.38 Å². The van der Waals surface area contributed by atoms with Crippen LogP contribution in [0, 0.1) is 0 Å². The lowest BCUT2D eigenvalue weighted by atomic mass is 10.0.